The molecule has 0 aliphatic carbocycles. The lowest BCUT2D eigenvalue weighted by Gasteiger charge is -2.58. The molecule has 5 rings (SSSR count). The highest BCUT2D eigenvalue weighted by molar-refractivity contribution is 9.10. The van der Waals surface area contributed by atoms with E-state index in [9.17, 15) is 4.79 Å². The number of hydrogen-bond donors (Lipinski definition) is 0. The number of piperidine rings is 2. The maximum Gasteiger partial charge on any atom is 0.151 e. The van der Waals surface area contributed by atoms with Crippen LogP contribution in [-0.4, -0.2) is 48.4 Å². The molecule has 0 amide bonds. The average Bonchev–Trinajstić information content (AvgIpc) is 2.35. The summed E-state index contributed by atoms with van der Waals surface area (Å²) in [6, 6.07) is 8.29. The Kier molecular flexibility index (Phi) is 2.26. The van der Waals surface area contributed by atoms with E-state index in [1.54, 1.807) is 0 Å². The van der Waals surface area contributed by atoms with Crippen molar-refractivity contribution in [3.8, 4) is 0 Å². The molecule has 2 unspecified atom stereocenters. The zero-order valence-corrected chi connectivity index (χ0v) is 11.7. The minimum absolute atomic E-state index is 0.222. The van der Waals surface area contributed by atoms with E-state index in [2.05, 4.69) is 37.9 Å². The van der Waals surface area contributed by atoms with Gasteiger partial charge in [-0.2, -0.15) is 0 Å². The molecule has 0 spiro atoms. The minimum atomic E-state index is -0.275. The topological polar surface area (TPSA) is 23.6 Å². The molecule has 4 saturated heterocycles. The average molecular weight is 307 g/mol. The summed E-state index contributed by atoms with van der Waals surface area (Å²) in [5, 5.41) is 0. The molecule has 4 aliphatic rings. The van der Waals surface area contributed by atoms with Gasteiger partial charge in [0.2, 0.25) is 0 Å². The first-order valence-electron chi connectivity index (χ1n) is 6.42. The smallest absolute Gasteiger partial charge is 0.151 e. The molecule has 4 fully saturated rings. The minimum Gasteiger partial charge on any atom is -0.298 e. The maximum atomic E-state index is 12.7. The van der Waals surface area contributed by atoms with Gasteiger partial charge in [-0.3, -0.25) is 14.6 Å². The highest BCUT2D eigenvalue weighted by Crippen LogP contribution is 2.42. The summed E-state index contributed by atoms with van der Waals surface area (Å²) in [6.45, 7) is 4.76. The summed E-state index contributed by atoms with van der Waals surface area (Å²) in [7, 11) is 0. The summed E-state index contributed by atoms with van der Waals surface area (Å²) in [5.41, 5.74) is 0.907. The molecule has 3 nitrogen and oxygen atoms in total. The summed E-state index contributed by atoms with van der Waals surface area (Å²) in [5.74, 6) is 0.688. The fourth-order valence-electron chi connectivity index (χ4n) is 3.95. The van der Waals surface area contributed by atoms with E-state index < -0.39 is 0 Å². The van der Waals surface area contributed by atoms with Gasteiger partial charge in [-0.25, -0.2) is 0 Å². The molecular formula is C14H15BrN2O. The van der Waals surface area contributed by atoms with E-state index in [-0.39, 0.29) is 11.3 Å². The van der Waals surface area contributed by atoms with Crippen LogP contribution in [-0.2, 0) is 10.2 Å². The quantitative estimate of drug-likeness (QED) is 0.785. The Morgan fingerprint density at radius 2 is 1.94 bits per heavy atom. The second kappa shape index (κ2) is 3.65. The monoisotopic (exact) mass is 306 g/mol. The van der Waals surface area contributed by atoms with Gasteiger partial charge in [0.15, 0.2) is 5.78 Å². The van der Waals surface area contributed by atoms with Gasteiger partial charge in [0.1, 0.15) is 0 Å². The Bertz CT molecular complexity index is 516. The number of carbonyl (C=O) groups is 1. The zero-order valence-electron chi connectivity index (χ0n) is 10.1. The molecule has 0 saturated carbocycles. The van der Waals surface area contributed by atoms with E-state index in [1.807, 2.05) is 12.1 Å². The van der Waals surface area contributed by atoms with Crippen LogP contribution in [0.5, 0.6) is 0 Å². The van der Waals surface area contributed by atoms with Crippen molar-refractivity contribution in [3.63, 3.8) is 0 Å². The highest BCUT2D eigenvalue weighted by Gasteiger charge is 2.56. The molecule has 0 aromatic heterocycles. The van der Waals surface area contributed by atoms with Gasteiger partial charge in [0.25, 0.3) is 0 Å². The Hall–Kier alpha value is -0.710. The molecule has 4 heterocycles. The van der Waals surface area contributed by atoms with Gasteiger partial charge in [-0.1, -0.05) is 28.1 Å². The zero-order chi connectivity index (χ0) is 12.3. The number of nitrogens with zero attached hydrogens (tertiary/aromatic N) is 2. The van der Waals surface area contributed by atoms with Crippen LogP contribution in [0.15, 0.2) is 28.7 Å². The van der Waals surface area contributed by atoms with Crippen LogP contribution in [0.25, 0.3) is 0 Å². The van der Waals surface area contributed by atoms with Crippen molar-refractivity contribution >= 4 is 21.7 Å². The summed E-state index contributed by atoms with van der Waals surface area (Å²) in [6.07, 6.45) is 0. The number of hydrogen-bond acceptors (Lipinski definition) is 3. The van der Waals surface area contributed by atoms with Crippen LogP contribution < -0.4 is 0 Å². The van der Waals surface area contributed by atoms with Gasteiger partial charge >= 0.3 is 0 Å². The van der Waals surface area contributed by atoms with Crippen LogP contribution in [0, 0.1) is 5.92 Å². The molecule has 2 atom stereocenters. The molecule has 94 valence electrons. The summed E-state index contributed by atoms with van der Waals surface area (Å²) < 4.78 is 1.06. The maximum absolute atomic E-state index is 12.7. The van der Waals surface area contributed by atoms with Crippen molar-refractivity contribution in [1.29, 1.82) is 0 Å². The SMILES string of the molecule is O=C1C2CN3CN(C2)CC1(c1cccc(Br)c1)C3. The number of halogens is 1. The lowest BCUT2D eigenvalue weighted by Crippen LogP contribution is -2.73. The summed E-state index contributed by atoms with van der Waals surface area (Å²) >= 11 is 3.52. The summed E-state index contributed by atoms with van der Waals surface area (Å²) in [4.78, 5) is 17.6. The lowest BCUT2D eigenvalue weighted by atomic mass is 9.65. The molecule has 1 aromatic carbocycles. The number of carbonyl (C=O) groups excluding carboxylic acids is 1. The molecule has 4 aliphatic heterocycles. The number of ketones is 1. The molecule has 1 aromatic rings. The Morgan fingerprint density at radius 3 is 2.61 bits per heavy atom. The standard InChI is InChI=1S/C14H15BrN2O/c15-12-3-1-2-11(4-12)14-7-16-5-10(13(14)18)6-17(8-14)9-16/h1-4,10H,5-9H2. The van der Waals surface area contributed by atoms with Crippen molar-refractivity contribution in [1.82, 2.24) is 9.80 Å². The number of rotatable bonds is 1. The van der Waals surface area contributed by atoms with Gasteiger partial charge in [-0.05, 0) is 17.7 Å². The first-order valence-corrected chi connectivity index (χ1v) is 7.22. The third-order valence-corrected chi connectivity index (χ3v) is 5.06. The molecule has 18 heavy (non-hydrogen) atoms. The first kappa shape index (κ1) is 11.1. The van der Waals surface area contributed by atoms with Crippen LogP contribution in [0.4, 0.5) is 0 Å². The van der Waals surface area contributed by atoms with Crippen LogP contribution in [0.2, 0.25) is 0 Å². The number of Topliss-reactive ketones (excluding diaryl/α,β-unsaturated/α-hetero) is 1. The predicted octanol–water partition coefficient (Wildman–Crippen LogP) is 1.47. The van der Waals surface area contributed by atoms with Crippen molar-refractivity contribution in [2.24, 2.45) is 5.92 Å². The van der Waals surface area contributed by atoms with E-state index in [4.69, 9.17) is 0 Å². The molecule has 0 N–H and O–H groups in total. The van der Waals surface area contributed by atoms with Crippen molar-refractivity contribution < 1.29 is 4.79 Å². The first-order chi connectivity index (χ1) is 8.67. The van der Waals surface area contributed by atoms with Crippen molar-refractivity contribution in [2.45, 2.75) is 5.41 Å². The van der Waals surface area contributed by atoms with Gasteiger partial charge in [0, 0.05) is 36.6 Å². The molecule has 4 bridgehead atoms. The normalized spacial score (nSPS) is 41.4. The third-order valence-electron chi connectivity index (χ3n) is 4.56. The van der Waals surface area contributed by atoms with E-state index in [1.165, 1.54) is 5.56 Å². The fraction of sp³-hybridized carbons (Fsp3) is 0.500. The van der Waals surface area contributed by atoms with Crippen molar-refractivity contribution in [2.75, 3.05) is 32.8 Å². The fourth-order valence-corrected chi connectivity index (χ4v) is 4.34. The Balaban J connectivity index is 1.84. The Morgan fingerprint density at radius 1 is 1.22 bits per heavy atom. The largest absolute Gasteiger partial charge is 0.298 e. The van der Waals surface area contributed by atoms with E-state index in [0.29, 0.717) is 5.78 Å². The van der Waals surface area contributed by atoms with Crippen molar-refractivity contribution in [3.05, 3.63) is 34.3 Å². The van der Waals surface area contributed by atoms with Crippen LogP contribution in [0.1, 0.15) is 5.56 Å². The predicted molar refractivity (Wildman–Crippen MR) is 72.3 cm³/mol. The van der Waals surface area contributed by atoms with Crippen LogP contribution >= 0.6 is 15.9 Å². The second-order valence-electron chi connectivity index (χ2n) is 5.82. The van der Waals surface area contributed by atoms with Gasteiger partial charge in [0.05, 0.1) is 12.1 Å². The van der Waals surface area contributed by atoms with Gasteiger partial charge in [-0.15, -0.1) is 0 Å². The number of benzene rings is 1. The molecule has 0 radical (unpaired) electrons. The van der Waals surface area contributed by atoms with E-state index in [0.717, 1.165) is 37.3 Å². The van der Waals surface area contributed by atoms with E-state index >= 15 is 0 Å². The van der Waals surface area contributed by atoms with Crippen LogP contribution in [0.3, 0.4) is 0 Å². The molecule has 4 heteroatoms. The molecular weight excluding hydrogens is 292 g/mol. The lowest BCUT2D eigenvalue weighted by molar-refractivity contribution is -0.153. The second-order valence-corrected chi connectivity index (χ2v) is 6.73. The third kappa shape index (κ3) is 1.40. The Labute approximate surface area is 115 Å². The van der Waals surface area contributed by atoms with Gasteiger partial charge < -0.3 is 0 Å². The highest BCUT2D eigenvalue weighted by atomic mass is 79.9.